The summed E-state index contributed by atoms with van der Waals surface area (Å²) in [6, 6.07) is 7.49. The van der Waals surface area contributed by atoms with E-state index in [0.717, 1.165) is 24.8 Å². The predicted molar refractivity (Wildman–Crippen MR) is 71.2 cm³/mol. The van der Waals surface area contributed by atoms with E-state index >= 15 is 0 Å². The second kappa shape index (κ2) is 5.42. The standard InChI is InChI=1S/C14H15N3O3/c1-19-12-6-3-2-5-11(12)17-14(10(9-18)15-16-17)13-7-4-8-20-13/h2-3,5-6,9,13H,4,7-8H2,1H3. The molecule has 2 aromatic rings. The number of aromatic nitrogens is 3. The number of ether oxygens (including phenoxy) is 2. The van der Waals surface area contributed by atoms with Crippen molar-refractivity contribution in [3.8, 4) is 11.4 Å². The summed E-state index contributed by atoms with van der Waals surface area (Å²) >= 11 is 0. The molecule has 0 aliphatic carbocycles. The third-order valence-electron chi connectivity index (χ3n) is 3.39. The molecular formula is C14H15N3O3. The van der Waals surface area contributed by atoms with Gasteiger partial charge in [0, 0.05) is 6.61 Å². The maximum absolute atomic E-state index is 11.2. The molecule has 1 fully saturated rings. The minimum Gasteiger partial charge on any atom is -0.494 e. The molecule has 1 atom stereocenters. The van der Waals surface area contributed by atoms with Gasteiger partial charge in [0.15, 0.2) is 12.0 Å². The average molecular weight is 273 g/mol. The fourth-order valence-corrected chi connectivity index (χ4v) is 2.46. The summed E-state index contributed by atoms with van der Waals surface area (Å²) in [6.45, 7) is 0.695. The Kier molecular flexibility index (Phi) is 3.47. The number of hydrogen-bond acceptors (Lipinski definition) is 5. The monoisotopic (exact) mass is 273 g/mol. The maximum atomic E-state index is 11.2. The summed E-state index contributed by atoms with van der Waals surface area (Å²) in [7, 11) is 1.60. The van der Waals surface area contributed by atoms with E-state index in [9.17, 15) is 4.79 Å². The second-order valence-corrected chi connectivity index (χ2v) is 4.56. The maximum Gasteiger partial charge on any atom is 0.172 e. The van der Waals surface area contributed by atoms with Crippen LogP contribution in [0.15, 0.2) is 24.3 Å². The first-order valence-corrected chi connectivity index (χ1v) is 6.51. The molecule has 20 heavy (non-hydrogen) atoms. The van der Waals surface area contributed by atoms with Gasteiger partial charge in [0.05, 0.1) is 7.11 Å². The van der Waals surface area contributed by atoms with Crippen molar-refractivity contribution in [1.82, 2.24) is 15.0 Å². The molecule has 1 aliphatic rings. The number of benzene rings is 1. The number of hydrogen-bond donors (Lipinski definition) is 0. The van der Waals surface area contributed by atoms with Crippen LogP contribution in [-0.4, -0.2) is 35.0 Å². The van der Waals surface area contributed by atoms with Gasteiger partial charge in [0.1, 0.15) is 23.2 Å². The molecule has 6 heteroatoms. The Hall–Kier alpha value is -2.21. The Balaban J connectivity index is 2.13. The SMILES string of the molecule is COc1ccccc1-n1nnc(C=O)c1C1CCCO1. The number of carbonyl (C=O) groups is 1. The molecule has 1 saturated heterocycles. The van der Waals surface area contributed by atoms with Crippen LogP contribution < -0.4 is 4.74 Å². The summed E-state index contributed by atoms with van der Waals surface area (Å²) in [5.74, 6) is 0.675. The summed E-state index contributed by atoms with van der Waals surface area (Å²) < 4.78 is 12.7. The average Bonchev–Trinajstić information content (AvgIpc) is 3.15. The molecule has 1 aromatic carbocycles. The van der Waals surface area contributed by atoms with Crippen molar-refractivity contribution in [2.45, 2.75) is 18.9 Å². The fourth-order valence-electron chi connectivity index (χ4n) is 2.46. The lowest BCUT2D eigenvalue weighted by atomic mass is 10.1. The van der Waals surface area contributed by atoms with Gasteiger partial charge in [-0.2, -0.15) is 0 Å². The minimum atomic E-state index is -0.143. The van der Waals surface area contributed by atoms with E-state index in [4.69, 9.17) is 9.47 Å². The number of rotatable bonds is 4. The van der Waals surface area contributed by atoms with Gasteiger partial charge in [-0.3, -0.25) is 4.79 Å². The summed E-state index contributed by atoms with van der Waals surface area (Å²) in [5, 5.41) is 8.03. The zero-order valence-corrected chi connectivity index (χ0v) is 11.2. The minimum absolute atomic E-state index is 0.143. The van der Waals surface area contributed by atoms with Crippen molar-refractivity contribution in [3.63, 3.8) is 0 Å². The van der Waals surface area contributed by atoms with Gasteiger partial charge in [-0.1, -0.05) is 17.3 Å². The zero-order chi connectivity index (χ0) is 13.9. The quantitative estimate of drug-likeness (QED) is 0.796. The van der Waals surface area contributed by atoms with Crippen molar-refractivity contribution >= 4 is 6.29 Å². The number of methoxy groups -OCH3 is 1. The lowest BCUT2D eigenvalue weighted by molar-refractivity contribution is 0.102. The van der Waals surface area contributed by atoms with Crippen LogP contribution in [0, 0.1) is 0 Å². The molecule has 1 aliphatic heterocycles. The van der Waals surface area contributed by atoms with Gasteiger partial charge in [-0.05, 0) is 25.0 Å². The van der Waals surface area contributed by atoms with Crippen LogP contribution in [0.5, 0.6) is 5.75 Å². The molecule has 1 unspecified atom stereocenters. The van der Waals surface area contributed by atoms with Crippen LogP contribution in [0.2, 0.25) is 0 Å². The van der Waals surface area contributed by atoms with Gasteiger partial charge < -0.3 is 9.47 Å². The molecule has 104 valence electrons. The Labute approximate surface area is 116 Å². The number of para-hydroxylation sites is 2. The highest BCUT2D eigenvalue weighted by Crippen LogP contribution is 2.33. The van der Waals surface area contributed by atoms with Gasteiger partial charge >= 0.3 is 0 Å². The van der Waals surface area contributed by atoms with E-state index in [1.54, 1.807) is 11.8 Å². The highest BCUT2D eigenvalue weighted by molar-refractivity contribution is 5.74. The zero-order valence-electron chi connectivity index (χ0n) is 11.2. The molecule has 1 aromatic heterocycles. The van der Waals surface area contributed by atoms with Crippen LogP contribution in [0.1, 0.15) is 35.1 Å². The molecule has 6 nitrogen and oxygen atoms in total. The lowest BCUT2D eigenvalue weighted by Gasteiger charge is -2.14. The molecule has 0 radical (unpaired) electrons. The van der Waals surface area contributed by atoms with Crippen LogP contribution in [-0.2, 0) is 4.74 Å². The lowest BCUT2D eigenvalue weighted by Crippen LogP contribution is -2.09. The molecule has 3 rings (SSSR count). The third kappa shape index (κ3) is 2.08. The molecule has 0 spiro atoms. The highest BCUT2D eigenvalue weighted by atomic mass is 16.5. The summed E-state index contributed by atoms with van der Waals surface area (Å²) in [5.41, 5.74) is 1.77. The molecule has 0 N–H and O–H groups in total. The normalized spacial score (nSPS) is 18.1. The Bertz CT molecular complexity index is 618. The van der Waals surface area contributed by atoms with Crippen molar-refractivity contribution in [3.05, 3.63) is 35.7 Å². The van der Waals surface area contributed by atoms with Crippen molar-refractivity contribution in [2.24, 2.45) is 0 Å². The van der Waals surface area contributed by atoms with Crippen LogP contribution in [0.25, 0.3) is 5.69 Å². The Morgan fingerprint density at radius 3 is 3.00 bits per heavy atom. The third-order valence-corrected chi connectivity index (χ3v) is 3.39. The van der Waals surface area contributed by atoms with Gasteiger partial charge in [0.25, 0.3) is 0 Å². The second-order valence-electron chi connectivity index (χ2n) is 4.56. The van der Waals surface area contributed by atoms with Crippen molar-refractivity contribution in [2.75, 3.05) is 13.7 Å². The predicted octanol–water partition coefficient (Wildman–Crippen LogP) is 1.94. The Morgan fingerprint density at radius 1 is 1.45 bits per heavy atom. The van der Waals surface area contributed by atoms with E-state index in [-0.39, 0.29) is 6.10 Å². The van der Waals surface area contributed by atoms with E-state index < -0.39 is 0 Å². The first-order chi connectivity index (χ1) is 9.85. The molecule has 0 saturated carbocycles. The van der Waals surface area contributed by atoms with Gasteiger partial charge in [-0.15, -0.1) is 5.10 Å². The van der Waals surface area contributed by atoms with E-state index in [1.807, 2.05) is 24.3 Å². The first-order valence-electron chi connectivity index (χ1n) is 6.51. The molecule has 0 bridgehead atoms. The van der Waals surface area contributed by atoms with Crippen molar-refractivity contribution < 1.29 is 14.3 Å². The molecule has 0 amide bonds. The van der Waals surface area contributed by atoms with E-state index in [2.05, 4.69) is 10.3 Å². The molecule has 2 heterocycles. The van der Waals surface area contributed by atoms with Crippen LogP contribution in [0.3, 0.4) is 0 Å². The van der Waals surface area contributed by atoms with Gasteiger partial charge in [0.2, 0.25) is 0 Å². The number of aldehydes is 1. The van der Waals surface area contributed by atoms with Gasteiger partial charge in [-0.25, -0.2) is 4.68 Å². The van der Waals surface area contributed by atoms with Crippen LogP contribution in [0.4, 0.5) is 0 Å². The smallest absolute Gasteiger partial charge is 0.172 e. The topological polar surface area (TPSA) is 66.2 Å². The van der Waals surface area contributed by atoms with Crippen LogP contribution >= 0.6 is 0 Å². The van der Waals surface area contributed by atoms with E-state index in [1.165, 1.54) is 0 Å². The van der Waals surface area contributed by atoms with Crippen molar-refractivity contribution in [1.29, 1.82) is 0 Å². The number of carbonyl (C=O) groups excluding carboxylic acids is 1. The fraction of sp³-hybridized carbons (Fsp3) is 0.357. The molecular weight excluding hydrogens is 258 g/mol. The Morgan fingerprint density at radius 2 is 2.30 bits per heavy atom. The summed E-state index contributed by atoms with van der Waals surface area (Å²) in [4.78, 5) is 11.2. The summed E-state index contributed by atoms with van der Waals surface area (Å²) in [6.07, 6.45) is 2.41. The number of nitrogens with zero attached hydrogens (tertiary/aromatic N) is 3. The van der Waals surface area contributed by atoms with E-state index in [0.29, 0.717) is 23.7 Å². The highest BCUT2D eigenvalue weighted by Gasteiger charge is 2.27. The largest absolute Gasteiger partial charge is 0.494 e. The first kappa shape index (κ1) is 12.8.